The third kappa shape index (κ3) is 27.7. The fraction of sp³-hybridized carbons (Fsp3) is 0.814. The van der Waals surface area contributed by atoms with Gasteiger partial charge in [0.05, 0.1) is 11.2 Å². The van der Waals surface area contributed by atoms with Gasteiger partial charge in [0.2, 0.25) is 11.8 Å². The molecule has 0 bridgehead atoms. The van der Waals surface area contributed by atoms with Crippen LogP contribution in [0.5, 0.6) is 0 Å². The lowest BCUT2D eigenvalue weighted by molar-refractivity contribution is -0.123. The summed E-state index contributed by atoms with van der Waals surface area (Å²) in [6.45, 7) is 17.9. The second kappa shape index (κ2) is 25.1. The van der Waals surface area contributed by atoms with Crippen LogP contribution in [0, 0.1) is 0 Å². The van der Waals surface area contributed by atoms with Gasteiger partial charge in [-0.2, -0.15) is 0 Å². The van der Waals surface area contributed by atoms with Crippen LogP contribution in [0.25, 0.3) is 0 Å². The maximum Gasteiger partial charge on any atom is 0.220 e. The number of benzene rings is 1. The zero-order valence-corrected chi connectivity index (χ0v) is 33.9. The molecule has 0 spiro atoms. The number of carbonyl (C=O) groups is 2. The van der Waals surface area contributed by atoms with Crippen molar-refractivity contribution in [2.24, 2.45) is 5.73 Å². The summed E-state index contributed by atoms with van der Waals surface area (Å²) in [6, 6.07) is 10.8. The molecular formula is C43H79N3O4. The highest BCUT2D eigenvalue weighted by molar-refractivity contribution is 5.76. The summed E-state index contributed by atoms with van der Waals surface area (Å²) in [4.78, 5) is 25.0. The number of amides is 2. The van der Waals surface area contributed by atoms with Crippen LogP contribution in [0.15, 0.2) is 30.3 Å². The van der Waals surface area contributed by atoms with Crippen LogP contribution in [0.2, 0.25) is 0 Å². The first kappa shape index (κ1) is 46.1. The van der Waals surface area contributed by atoms with E-state index in [0.29, 0.717) is 45.4 Å². The van der Waals surface area contributed by atoms with E-state index in [0.717, 1.165) is 25.7 Å². The minimum Gasteiger partial charge on any atom is -0.375 e. The van der Waals surface area contributed by atoms with Crippen LogP contribution < -0.4 is 16.4 Å². The molecule has 4 N–H and O–H groups in total. The molecule has 0 saturated heterocycles. The Kier molecular flexibility index (Phi) is 23.1. The maximum atomic E-state index is 12.6. The lowest BCUT2D eigenvalue weighted by Crippen LogP contribution is -2.44. The van der Waals surface area contributed by atoms with Crippen LogP contribution in [0.3, 0.4) is 0 Å². The molecule has 0 heterocycles. The second-order valence-corrected chi connectivity index (χ2v) is 17.3. The van der Waals surface area contributed by atoms with Gasteiger partial charge in [0.15, 0.2) is 0 Å². The van der Waals surface area contributed by atoms with E-state index in [2.05, 4.69) is 68.7 Å². The van der Waals surface area contributed by atoms with E-state index in [1.165, 1.54) is 82.6 Å². The molecule has 0 saturated carbocycles. The lowest BCUT2D eigenvalue weighted by Gasteiger charge is -2.30. The average molecular weight is 702 g/mol. The number of hydrogen-bond donors (Lipinski definition) is 3. The Morgan fingerprint density at radius 3 is 1.60 bits per heavy atom. The third-order valence-electron chi connectivity index (χ3n) is 9.65. The van der Waals surface area contributed by atoms with Crippen molar-refractivity contribution in [3.05, 3.63) is 35.9 Å². The standard InChI is InChI=1S/C43H79N3O4/c1-40(2,44)32-35-49-42(5,6)30-29-38(47)45-34-31-43(7,8)50-36-33-41(3,4)46-39(48)28-24-19-17-15-13-11-9-10-12-14-16-18-21-25-37-26-22-20-23-27-37/h20,22-23,26-27H,9-19,21,24-25,28-36,44H2,1-8H3,(H,45,47)(H,46,48). The Morgan fingerprint density at radius 2 is 1.06 bits per heavy atom. The number of aryl methyl sites for hydroxylation is 1. The van der Waals surface area contributed by atoms with Crippen LogP contribution in [0.1, 0.15) is 183 Å². The van der Waals surface area contributed by atoms with E-state index >= 15 is 0 Å². The molecule has 0 radical (unpaired) electrons. The Labute approximate surface area is 308 Å². The molecule has 0 aliphatic rings. The van der Waals surface area contributed by atoms with Crippen molar-refractivity contribution in [3.8, 4) is 0 Å². The van der Waals surface area contributed by atoms with Gasteiger partial charge in [0.25, 0.3) is 0 Å². The molecule has 0 unspecified atom stereocenters. The fourth-order valence-corrected chi connectivity index (χ4v) is 6.03. The first-order valence-corrected chi connectivity index (χ1v) is 20.2. The smallest absolute Gasteiger partial charge is 0.220 e. The van der Waals surface area contributed by atoms with Crippen LogP contribution in [-0.4, -0.2) is 53.9 Å². The highest BCUT2D eigenvalue weighted by Crippen LogP contribution is 2.20. The fourth-order valence-electron chi connectivity index (χ4n) is 6.03. The average Bonchev–Trinajstić information content (AvgIpc) is 3.01. The summed E-state index contributed by atoms with van der Waals surface area (Å²) in [7, 11) is 0. The Balaban J connectivity index is 2.01. The molecule has 7 heteroatoms. The molecule has 0 aliphatic carbocycles. The van der Waals surface area contributed by atoms with E-state index in [9.17, 15) is 9.59 Å². The molecule has 1 aromatic carbocycles. The molecule has 50 heavy (non-hydrogen) atoms. The van der Waals surface area contributed by atoms with Crippen molar-refractivity contribution in [1.29, 1.82) is 0 Å². The number of rotatable bonds is 31. The molecule has 1 rings (SSSR count). The number of unbranched alkanes of at least 4 members (excludes halogenated alkanes) is 12. The van der Waals surface area contributed by atoms with Gasteiger partial charge in [-0.3, -0.25) is 9.59 Å². The van der Waals surface area contributed by atoms with E-state index < -0.39 is 0 Å². The van der Waals surface area contributed by atoms with Crippen LogP contribution in [-0.2, 0) is 25.5 Å². The van der Waals surface area contributed by atoms with Gasteiger partial charge >= 0.3 is 0 Å². The van der Waals surface area contributed by atoms with Crippen molar-refractivity contribution < 1.29 is 19.1 Å². The topological polar surface area (TPSA) is 103 Å². The van der Waals surface area contributed by atoms with E-state index in [-0.39, 0.29) is 34.1 Å². The number of ether oxygens (including phenoxy) is 2. The monoisotopic (exact) mass is 702 g/mol. The second-order valence-electron chi connectivity index (χ2n) is 17.3. The summed E-state index contributed by atoms with van der Waals surface area (Å²) in [5.74, 6) is 0.163. The van der Waals surface area contributed by atoms with Gasteiger partial charge in [-0.15, -0.1) is 0 Å². The summed E-state index contributed by atoms with van der Waals surface area (Å²) in [5, 5.41) is 6.24. The molecule has 2 amide bonds. The number of nitrogens with one attached hydrogen (secondary N) is 2. The summed E-state index contributed by atoms with van der Waals surface area (Å²) < 4.78 is 12.2. The molecule has 7 nitrogen and oxygen atoms in total. The van der Waals surface area contributed by atoms with Crippen LogP contribution >= 0.6 is 0 Å². The normalized spacial score (nSPS) is 12.7. The third-order valence-corrected chi connectivity index (χ3v) is 9.65. The van der Waals surface area contributed by atoms with Crippen molar-refractivity contribution >= 4 is 11.8 Å². The quantitative estimate of drug-likeness (QED) is 0.0669. The van der Waals surface area contributed by atoms with Crippen LogP contribution in [0.4, 0.5) is 0 Å². The number of nitrogens with two attached hydrogens (primary N) is 1. The predicted molar refractivity (Wildman–Crippen MR) is 211 cm³/mol. The number of hydrogen-bond acceptors (Lipinski definition) is 5. The van der Waals surface area contributed by atoms with E-state index in [4.69, 9.17) is 15.2 Å². The predicted octanol–water partition coefficient (Wildman–Crippen LogP) is 9.98. The van der Waals surface area contributed by atoms with E-state index in [1.54, 1.807) is 0 Å². The molecule has 290 valence electrons. The Hall–Kier alpha value is -1.96. The molecule has 0 atom stereocenters. The lowest BCUT2D eigenvalue weighted by atomic mass is 9.99. The van der Waals surface area contributed by atoms with E-state index in [1.807, 2.05) is 27.7 Å². The van der Waals surface area contributed by atoms with Gasteiger partial charge < -0.3 is 25.8 Å². The maximum absolute atomic E-state index is 12.6. The first-order valence-electron chi connectivity index (χ1n) is 20.2. The molecule has 0 fully saturated rings. The first-order chi connectivity index (χ1) is 23.5. The molecule has 0 aliphatic heterocycles. The van der Waals surface area contributed by atoms with Gasteiger partial charge in [0.1, 0.15) is 0 Å². The van der Waals surface area contributed by atoms with Crippen molar-refractivity contribution in [3.63, 3.8) is 0 Å². The van der Waals surface area contributed by atoms with Crippen molar-refractivity contribution in [1.82, 2.24) is 10.6 Å². The Morgan fingerprint density at radius 1 is 0.580 bits per heavy atom. The molecular weight excluding hydrogens is 622 g/mol. The minimum absolute atomic E-state index is 0.0302. The van der Waals surface area contributed by atoms with Crippen molar-refractivity contribution in [2.75, 3.05) is 19.8 Å². The van der Waals surface area contributed by atoms with Gasteiger partial charge in [-0.1, -0.05) is 101 Å². The Bertz CT molecular complexity index is 1020. The minimum atomic E-state index is -0.368. The largest absolute Gasteiger partial charge is 0.375 e. The highest BCUT2D eigenvalue weighted by Gasteiger charge is 2.25. The zero-order valence-electron chi connectivity index (χ0n) is 33.9. The van der Waals surface area contributed by atoms with Crippen molar-refractivity contribution in [2.45, 2.75) is 206 Å². The summed E-state index contributed by atoms with van der Waals surface area (Å²) in [6.07, 6.45) is 21.9. The van der Waals surface area contributed by atoms with Gasteiger partial charge in [0, 0.05) is 43.7 Å². The van der Waals surface area contributed by atoms with Gasteiger partial charge in [-0.05, 0) is 106 Å². The molecule has 0 aromatic heterocycles. The van der Waals surface area contributed by atoms with Gasteiger partial charge in [-0.25, -0.2) is 0 Å². The SMILES string of the molecule is CC(C)(N)CCOC(C)(C)CCC(=O)NCCC(C)(C)OCCC(C)(C)NC(=O)CCCCCCCCCCCCCCCc1ccccc1. The summed E-state index contributed by atoms with van der Waals surface area (Å²) >= 11 is 0. The zero-order chi connectivity index (χ0) is 37.4. The molecule has 1 aromatic rings. The summed E-state index contributed by atoms with van der Waals surface area (Å²) in [5.41, 5.74) is 6.20. The number of carbonyl (C=O) groups excluding carboxylic acids is 2. The highest BCUT2D eigenvalue weighted by atomic mass is 16.5.